The second-order valence-corrected chi connectivity index (χ2v) is 13.3. The quantitative estimate of drug-likeness (QED) is 0.321. The monoisotopic (exact) mass is 534 g/mol. The highest BCUT2D eigenvalue weighted by Crippen LogP contribution is 2.36. The summed E-state index contributed by atoms with van der Waals surface area (Å²) in [5.41, 5.74) is -0.597. The summed E-state index contributed by atoms with van der Waals surface area (Å²) in [5, 5.41) is 3.49. The van der Waals surface area contributed by atoms with Gasteiger partial charge in [-0.2, -0.15) is 0 Å². The largest absolute Gasteiger partial charge is 0.498 e. The van der Waals surface area contributed by atoms with Crippen LogP contribution in [0.5, 0.6) is 0 Å². The molecule has 9 nitrogen and oxygen atoms in total. The Bertz CT molecular complexity index is 927. The zero-order valence-electron chi connectivity index (χ0n) is 23.8. The number of thioether (sulfide) groups is 1. The van der Waals surface area contributed by atoms with Crippen LogP contribution in [0.3, 0.4) is 0 Å². The molecular formula is C26H43BN4O5S. The number of amides is 2. The lowest BCUT2D eigenvalue weighted by molar-refractivity contribution is -0.135. The van der Waals surface area contributed by atoms with Crippen LogP contribution in [0.4, 0.5) is 4.79 Å². The Hall–Kier alpha value is -1.85. The van der Waals surface area contributed by atoms with Gasteiger partial charge >= 0.3 is 13.2 Å². The number of carbonyl (C=O) groups is 2. The Morgan fingerprint density at radius 2 is 1.68 bits per heavy atom. The van der Waals surface area contributed by atoms with Crippen LogP contribution in [0.2, 0.25) is 0 Å². The maximum atomic E-state index is 13.2. The third kappa shape index (κ3) is 7.83. The van der Waals surface area contributed by atoms with E-state index in [9.17, 15) is 9.59 Å². The molecule has 0 unspecified atom stereocenters. The van der Waals surface area contributed by atoms with Crippen LogP contribution >= 0.6 is 11.8 Å². The molecule has 0 aromatic carbocycles. The van der Waals surface area contributed by atoms with E-state index in [1.54, 1.807) is 44.9 Å². The van der Waals surface area contributed by atoms with Gasteiger partial charge in [-0.15, -0.1) is 0 Å². The van der Waals surface area contributed by atoms with E-state index in [1.807, 2.05) is 46.4 Å². The molecule has 2 aliphatic rings. The van der Waals surface area contributed by atoms with Gasteiger partial charge in [-0.25, -0.2) is 14.8 Å². The summed E-state index contributed by atoms with van der Waals surface area (Å²) < 4.78 is 17.5. The van der Waals surface area contributed by atoms with Gasteiger partial charge in [-0.3, -0.25) is 4.79 Å². The van der Waals surface area contributed by atoms with Crippen LogP contribution in [-0.4, -0.2) is 75.7 Å². The lowest BCUT2D eigenvalue weighted by Gasteiger charge is -2.35. The van der Waals surface area contributed by atoms with Crippen molar-refractivity contribution < 1.29 is 23.6 Å². The highest BCUT2D eigenvalue weighted by Gasteiger charge is 2.52. The summed E-state index contributed by atoms with van der Waals surface area (Å²) in [4.78, 5) is 36.3. The molecule has 206 valence electrons. The molecule has 1 atom stereocenters. The van der Waals surface area contributed by atoms with Crippen LogP contribution in [0.1, 0.15) is 75.2 Å². The lowest BCUT2D eigenvalue weighted by atomic mass is 9.81. The van der Waals surface area contributed by atoms with Crippen molar-refractivity contribution >= 4 is 36.3 Å². The van der Waals surface area contributed by atoms with E-state index in [4.69, 9.17) is 14.0 Å². The Labute approximate surface area is 226 Å². The lowest BCUT2D eigenvalue weighted by Crippen LogP contribution is -2.53. The van der Waals surface area contributed by atoms with Crippen LogP contribution in [0.15, 0.2) is 17.6 Å². The van der Waals surface area contributed by atoms with Gasteiger partial charge in [0.15, 0.2) is 5.16 Å². The smallest absolute Gasteiger partial charge is 0.444 e. The van der Waals surface area contributed by atoms with Crippen molar-refractivity contribution in [1.29, 1.82) is 0 Å². The number of likely N-dealkylation sites (tertiary alicyclic amines) is 1. The fourth-order valence-electron chi connectivity index (χ4n) is 4.16. The van der Waals surface area contributed by atoms with Crippen LogP contribution in [0.25, 0.3) is 0 Å². The summed E-state index contributed by atoms with van der Waals surface area (Å²) in [5.74, 6) is 1.28. The van der Waals surface area contributed by atoms with Gasteiger partial charge in [0.25, 0.3) is 0 Å². The zero-order valence-corrected chi connectivity index (χ0v) is 24.6. The van der Waals surface area contributed by atoms with Gasteiger partial charge in [0.05, 0.1) is 11.2 Å². The summed E-state index contributed by atoms with van der Waals surface area (Å²) in [6, 6.07) is -0.600. The second-order valence-electron chi connectivity index (χ2n) is 12.3. The molecule has 1 aromatic heterocycles. The number of ether oxygens (including phenoxy) is 1. The molecule has 2 saturated heterocycles. The Balaban J connectivity index is 1.46. The first-order valence-corrected chi connectivity index (χ1v) is 14.2. The van der Waals surface area contributed by atoms with E-state index in [2.05, 4.69) is 15.3 Å². The van der Waals surface area contributed by atoms with Crippen LogP contribution < -0.4 is 10.8 Å². The molecule has 1 N–H and O–H groups in total. The van der Waals surface area contributed by atoms with Gasteiger partial charge in [0.2, 0.25) is 5.91 Å². The number of nitrogens with zero attached hydrogens (tertiary/aromatic N) is 3. The maximum Gasteiger partial charge on any atom is 0.498 e. The molecule has 2 aliphatic heterocycles. The molecule has 0 aliphatic carbocycles. The molecule has 0 spiro atoms. The third-order valence-electron chi connectivity index (χ3n) is 7.15. The van der Waals surface area contributed by atoms with Crippen molar-refractivity contribution in [3.63, 3.8) is 0 Å². The van der Waals surface area contributed by atoms with Crippen molar-refractivity contribution in [1.82, 2.24) is 20.2 Å². The summed E-state index contributed by atoms with van der Waals surface area (Å²) >= 11 is 1.63. The van der Waals surface area contributed by atoms with Crippen LogP contribution in [0, 0.1) is 11.8 Å². The Morgan fingerprint density at radius 3 is 2.16 bits per heavy atom. The van der Waals surface area contributed by atoms with E-state index >= 15 is 0 Å². The van der Waals surface area contributed by atoms with Gasteiger partial charge in [-0.05, 0) is 73.1 Å². The number of aromatic nitrogens is 2. The van der Waals surface area contributed by atoms with Crippen molar-refractivity contribution in [2.75, 3.05) is 18.8 Å². The first-order valence-electron chi connectivity index (χ1n) is 13.2. The number of alkyl carbamates (subject to hydrolysis) is 1. The van der Waals surface area contributed by atoms with Crippen molar-refractivity contribution in [3.8, 4) is 0 Å². The SMILES string of the molecule is CC(C)[C@H](NC(=O)OC(C)(C)C)C(=O)N1CCC(CSc2ncc(B3OC(C)(C)C(C)(C)O3)cn2)CC1. The number of nitrogens with one attached hydrogen (secondary N) is 1. The minimum absolute atomic E-state index is 0.0365. The summed E-state index contributed by atoms with van der Waals surface area (Å²) in [6.07, 6.45) is 4.81. The average Bonchev–Trinajstić information content (AvgIpc) is 3.01. The number of hydrogen-bond donors (Lipinski definition) is 1. The predicted octanol–water partition coefficient (Wildman–Crippen LogP) is 3.66. The topological polar surface area (TPSA) is 103 Å². The molecule has 0 bridgehead atoms. The van der Waals surface area contributed by atoms with E-state index in [1.165, 1.54) is 0 Å². The van der Waals surface area contributed by atoms with E-state index in [-0.39, 0.29) is 11.8 Å². The molecule has 3 heterocycles. The summed E-state index contributed by atoms with van der Waals surface area (Å²) in [6.45, 7) is 18.7. The molecule has 11 heteroatoms. The minimum Gasteiger partial charge on any atom is -0.444 e. The number of hydrogen-bond acceptors (Lipinski definition) is 8. The molecular weight excluding hydrogens is 491 g/mol. The Morgan fingerprint density at radius 1 is 1.14 bits per heavy atom. The second kappa shape index (κ2) is 11.5. The van der Waals surface area contributed by atoms with Gasteiger partial charge < -0.3 is 24.3 Å². The van der Waals surface area contributed by atoms with Gasteiger partial charge in [-0.1, -0.05) is 25.6 Å². The first kappa shape index (κ1) is 29.7. The average molecular weight is 535 g/mol. The highest BCUT2D eigenvalue weighted by atomic mass is 32.2. The highest BCUT2D eigenvalue weighted by molar-refractivity contribution is 7.99. The number of rotatable bonds is 7. The molecule has 2 amide bonds. The Kier molecular flexibility index (Phi) is 9.23. The molecule has 1 aromatic rings. The first-order chi connectivity index (χ1) is 17.1. The number of piperidine rings is 1. The van der Waals surface area contributed by atoms with Gasteiger partial charge in [0, 0.05) is 36.7 Å². The predicted molar refractivity (Wildman–Crippen MR) is 146 cm³/mol. The zero-order chi connectivity index (χ0) is 27.6. The minimum atomic E-state index is -0.611. The van der Waals surface area contributed by atoms with E-state index < -0.39 is 36.1 Å². The maximum absolute atomic E-state index is 13.2. The molecule has 0 radical (unpaired) electrons. The fraction of sp³-hybridized carbons (Fsp3) is 0.769. The summed E-state index contributed by atoms with van der Waals surface area (Å²) in [7, 11) is -0.467. The van der Waals surface area contributed by atoms with Crippen LogP contribution in [-0.2, 0) is 18.8 Å². The molecule has 37 heavy (non-hydrogen) atoms. The molecule has 3 rings (SSSR count). The normalized spacial score (nSPS) is 20.7. The van der Waals surface area contributed by atoms with Crippen molar-refractivity contribution in [2.24, 2.45) is 11.8 Å². The fourth-order valence-corrected chi connectivity index (χ4v) is 5.13. The van der Waals surface area contributed by atoms with E-state index in [0.717, 1.165) is 29.2 Å². The van der Waals surface area contributed by atoms with Crippen molar-refractivity contribution in [3.05, 3.63) is 12.4 Å². The van der Waals surface area contributed by atoms with E-state index in [0.29, 0.717) is 19.0 Å². The van der Waals surface area contributed by atoms with Crippen molar-refractivity contribution in [2.45, 2.75) is 103 Å². The third-order valence-corrected chi connectivity index (χ3v) is 8.26. The number of carbonyl (C=O) groups excluding carboxylic acids is 2. The molecule has 2 fully saturated rings. The molecule has 0 saturated carbocycles. The van der Waals surface area contributed by atoms with Gasteiger partial charge in [0.1, 0.15) is 11.6 Å². The standard InChI is InChI=1S/C26H43BN4O5S/c1-17(2)20(30-23(33)34-24(3,4)5)21(32)31-12-10-18(11-13-31)16-37-22-28-14-19(15-29-22)27-35-25(6,7)26(8,9)36-27/h14-15,17-18,20H,10-13,16H2,1-9H3,(H,30,33)/t20-/m0/s1.